The molecule has 4 aromatic rings. The van der Waals surface area contributed by atoms with E-state index in [2.05, 4.69) is 15.5 Å². The predicted molar refractivity (Wildman–Crippen MR) is 110 cm³/mol. The number of fused-ring (bicyclic) bond motifs is 1. The van der Waals surface area contributed by atoms with Crippen LogP contribution in [0.1, 0.15) is 18.9 Å². The normalized spacial score (nSPS) is 14.9. The summed E-state index contributed by atoms with van der Waals surface area (Å²) in [4.78, 5) is 4.70. The molecule has 0 radical (unpaired) electrons. The van der Waals surface area contributed by atoms with E-state index in [9.17, 15) is 0 Å². The lowest BCUT2D eigenvalue weighted by Gasteiger charge is -2.22. The van der Waals surface area contributed by atoms with Crippen molar-refractivity contribution in [3.05, 3.63) is 55.0 Å². The molecule has 1 N–H and O–H groups in total. The van der Waals surface area contributed by atoms with E-state index in [1.54, 1.807) is 11.6 Å². The van der Waals surface area contributed by atoms with Gasteiger partial charge in [0.15, 0.2) is 5.65 Å². The van der Waals surface area contributed by atoms with Gasteiger partial charge in [0, 0.05) is 31.2 Å². The Morgan fingerprint density at radius 3 is 2.76 bits per heavy atom. The summed E-state index contributed by atoms with van der Waals surface area (Å²) in [6.45, 7) is 1.57. The third kappa shape index (κ3) is 3.54. The molecule has 0 bridgehead atoms. The van der Waals surface area contributed by atoms with E-state index in [0.29, 0.717) is 12.0 Å². The van der Waals surface area contributed by atoms with E-state index in [0.717, 1.165) is 54.3 Å². The average molecular weight is 390 g/mol. The summed E-state index contributed by atoms with van der Waals surface area (Å²) in [5, 5.41) is 12.3. The Bertz CT molecular complexity index is 1110. The number of rotatable bonds is 5. The summed E-state index contributed by atoms with van der Waals surface area (Å²) in [7, 11) is 1.66. The van der Waals surface area contributed by atoms with Crippen molar-refractivity contribution in [3.8, 4) is 16.9 Å². The highest BCUT2D eigenvalue weighted by atomic mass is 16.5. The molecule has 0 saturated carbocycles. The lowest BCUT2D eigenvalue weighted by atomic mass is 10.1. The molecule has 1 fully saturated rings. The maximum Gasteiger partial charge on any atom is 0.247 e. The minimum absolute atomic E-state index is 0.384. The maximum atomic E-state index is 5.43. The molecule has 148 valence electrons. The molecular formula is C21H22N6O2. The van der Waals surface area contributed by atoms with Crippen LogP contribution in [0, 0.1) is 0 Å². The monoisotopic (exact) mass is 390 g/mol. The number of pyridine rings is 1. The Hall–Kier alpha value is -3.39. The number of nitrogens with zero attached hydrogens (tertiary/aromatic N) is 5. The lowest BCUT2D eigenvalue weighted by Crippen LogP contribution is -2.19. The van der Waals surface area contributed by atoms with Gasteiger partial charge in [0.2, 0.25) is 5.95 Å². The summed E-state index contributed by atoms with van der Waals surface area (Å²) in [5.74, 6) is 1.36. The van der Waals surface area contributed by atoms with Crippen LogP contribution in [-0.4, -0.2) is 44.7 Å². The van der Waals surface area contributed by atoms with Crippen LogP contribution in [-0.2, 0) is 4.74 Å². The number of hydrogen-bond donors (Lipinski definition) is 1. The number of nitrogens with one attached hydrogen (secondary N) is 1. The van der Waals surface area contributed by atoms with Crippen LogP contribution in [0.25, 0.3) is 16.8 Å². The highest BCUT2D eigenvalue weighted by Gasteiger charge is 2.17. The van der Waals surface area contributed by atoms with E-state index in [-0.39, 0.29) is 0 Å². The molecule has 1 saturated heterocycles. The second-order valence-corrected chi connectivity index (χ2v) is 7.03. The number of methoxy groups -OCH3 is 1. The largest absolute Gasteiger partial charge is 0.497 e. The van der Waals surface area contributed by atoms with Crippen molar-refractivity contribution in [2.24, 2.45) is 0 Å². The average Bonchev–Trinajstić information content (AvgIpc) is 3.41. The van der Waals surface area contributed by atoms with Gasteiger partial charge in [0.05, 0.1) is 25.0 Å². The Labute approximate surface area is 168 Å². The predicted octanol–water partition coefficient (Wildman–Crippen LogP) is 3.70. The van der Waals surface area contributed by atoms with Gasteiger partial charge in [-0.05, 0) is 42.7 Å². The molecule has 4 heterocycles. The summed E-state index contributed by atoms with van der Waals surface area (Å²) in [6.07, 6.45) is 7.68. The third-order valence-corrected chi connectivity index (χ3v) is 5.19. The lowest BCUT2D eigenvalue weighted by molar-refractivity contribution is 0.0662. The highest BCUT2D eigenvalue weighted by molar-refractivity contribution is 5.78. The highest BCUT2D eigenvalue weighted by Crippen LogP contribution is 2.27. The second-order valence-electron chi connectivity index (χ2n) is 7.03. The molecule has 1 aromatic carbocycles. The van der Waals surface area contributed by atoms with Crippen LogP contribution in [0.3, 0.4) is 0 Å². The van der Waals surface area contributed by atoms with Crippen molar-refractivity contribution in [2.75, 3.05) is 25.6 Å². The first-order chi connectivity index (χ1) is 14.3. The van der Waals surface area contributed by atoms with Gasteiger partial charge >= 0.3 is 0 Å². The molecule has 0 spiro atoms. The van der Waals surface area contributed by atoms with Crippen molar-refractivity contribution in [2.45, 2.75) is 18.9 Å². The molecule has 0 atom stereocenters. The summed E-state index contributed by atoms with van der Waals surface area (Å²) in [6, 6.07) is 12.3. The van der Waals surface area contributed by atoms with Crippen LogP contribution in [0.5, 0.6) is 5.75 Å². The number of ether oxygens (including phenoxy) is 2. The van der Waals surface area contributed by atoms with E-state index in [4.69, 9.17) is 14.5 Å². The van der Waals surface area contributed by atoms with Crippen LogP contribution < -0.4 is 10.1 Å². The molecule has 29 heavy (non-hydrogen) atoms. The smallest absolute Gasteiger partial charge is 0.247 e. The van der Waals surface area contributed by atoms with Gasteiger partial charge in [-0.25, -0.2) is 4.52 Å². The van der Waals surface area contributed by atoms with Crippen molar-refractivity contribution in [3.63, 3.8) is 0 Å². The van der Waals surface area contributed by atoms with E-state index < -0.39 is 0 Å². The van der Waals surface area contributed by atoms with Gasteiger partial charge in [-0.15, -0.1) is 5.10 Å². The van der Waals surface area contributed by atoms with Crippen LogP contribution in [0.15, 0.2) is 55.0 Å². The van der Waals surface area contributed by atoms with Crippen molar-refractivity contribution < 1.29 is 9.47 Å². The first kappa shape index (κ1) is 17.7. The zero-order valence-electron chi connectivity index (χ0n) is 16.2. The van der Waals surface area contributed by atoms with Crippen molar-refractivity contribution in [1.82, 2.24) is 24.4 Å². The summed E-state index contributed by atoms with van der Waals surface area (Å²) >= 11 is 0. The molecule has 0 unspecified atom stereocenters. The fourth-order valence-corrected chi connectivity index (χ4v) is 3.64. The Kier molecular flexibility index (Phi) is 4.61. The molecule has 8 heteroatoms. The number of anilines is 2. The number of benzene rings is 1. The molecule has 3 aromatic heterocycles. The molecule has 1 aliphatic rings. The van der Waals surface area contributed by atoms with Gasteiger partial charge in [0.25, 0.3) is 0 Å². The summed E-state index contributed by atoms with van der Waals surface area (Å²) in [5.41, 5.74) is 3.73. The molecule has 1 aliphatic heterocycles. The Balaban J connectivity index is 1.41. The van der Waals surface area contributed by atoms with Gasteiger partial charge < -0.3 is 14.8 Å². The van der Waals surface area contributed by atoms with Crippen molar-refractivity contribution >= 4 is 17.3 Å². The molecule has 0 aliphatic carbocycles. The molecule has 8 nitrogen and oxygen atoms in total. The van der Waals surface area contributed by atoms with Crippen LogP contribution >= 0.6 is 0 Å². The first-order valence-electron chi connectivity index (χ1n) is 9.69. The fourth-order valence-electron chi connectivity index (χ4n) is 3.64. The third-order valence-electron chi connectivity index (χ3n) is 5.19. The van der Waals surface area contributed by atoms with Gasteiger partial charge in [-0.2, -0.15) is 10.1 Å². The standard InChI is InChI=1S/C21H22N6O2/c1-28-18-6-4-15(5-7-18)19-3-2-10-26-20(19)24-21(25-26)23-16-13-22-27(14-16)17-8-11-29-12-9-17/h2-7,10,13-14,17H,8-9,11-12H2,1H3,(H,23,25). The summed E-state index contributed by atoms with van der Waals surface area (Å²) < 4.78 is 14.5. The van der Waals surface area contributed by atoms with Gasteiger partial charge in [-0.3, -0.25) is 4.68 Å². The number of hydrogen-bond acceptors (Lipinski definition) is 6. The van der Waals surface area contributed by atoms with Crippen molar-refractivity contribution in [1.29, 1.82) is 0 Å². The zero-order chi connectivity index (χ0) is 19.6. The van der Waals surface area contributed by atoms with Crippen LogP contribution in [0.4, 0.5) is 11.6 Å². The maximum absolute atomic E-state index is 5.43. The molecule has 0 amide bonds. The quantitative estimate of drug-likeness (QED) is 0.560. The zero-order valence-corrected chi connectivity index (χ0v) is 16.2. The fraction of sp³-hybridized carbons (Fsp3) is 0.286. The molecule has 5 rings (SSSR count). The Morgan fingerprint density at radius 1 is 1.14 bits per heavy atom. The van der Waals surface area contributed by atoms with E-state index >= 15 is 0 Å². The molecular weight excluding hydrogens is 368 g/mol. The topological polar surface area (TPSA) is 78.5 Å². The SMILES string of the molecule is COc1ccc(-c2cccn3nc(Nc4cnn(C5CCOCC5)c4)nc23)cc1. The first-order valence-corrected chi connectivity index (χ1v) is 9.69. The van der Waals surface area contributed by atoms with E-state index in [1.807, 2.05) is 59.7 Å². The minimum atomic E-state index is 0.384. The minimum Gasteiger partial charge on any atom is -0.497 e. The number of aromatic nitrogens is 5. The van der Waals surface area contributed by atoms with Gasteiger partial charge in [0.1, 0.15) is 5.75 Å². The van der Waals surface area contributed by atoms with E-state index in [1.165, 1.54) is 0 Å². The van der Waals surface area contributed by atoms with Gasteiger partial charge in [-0.1, -0.05) is 12.1 Å². The second kappa shape index (κ2) is 7.56. The Morgan fingerprint density at radius 2 is 1.97 bits per heavy atom. The van der Waals surface area contributed by atoms with Crippen LogP contribution in [0.2, 0.25) is 0 Å².